The molecule has 5 nitrogen and oxygen atoms in total. The van der Waals surface area contributed by atoms with Crippen molar-refractivity contribution in [1.29, 1.82) is 5.26 Å². The third-order valence-electron chi connectivity index (χ3n) is 4.91. The van der Waals surface area contributed by atoms with Gasteiger partial charge >= 0.3 is 0 Å². The lowest BCUT2D eigenvalue weighted by Crippen LogP contribution is -2.45. The molecule has 3 rings (SSSR count). The van der Waals surface area contributed by atoms with Crippen molar-refractivity contribution >= 4 is 0 Å². The van der Waals surface area contributed by atoms with E-state index in [1.54, 1.807) is 0 Å². The number of rotatable bonds is 4. The van der Waals surface area contributed by atoms with Gasteiger partial charge in [0, 0.05) is 39.3 Å². The van der Waals surface area contributed by atoms with Crippen molar-refractivity contribution in [3.05, 3.63) is 58.2 Å². The molecule has 0 atom stereocenters. The average Bonchev–Trinajstić information content (AvgIpc) is 2.62. The first-order valence-electron chi connectivity index (χ1n) is 8.79. The average molecular weight is 335 g/mol. The van der Waals surface area contributed by atoms with Crippen LogP contribution in [0.5, 0.6) is 0 Å². The number of hydrogen-bond acceptors (Lipinski definition) is 5. The Morgan fingerprint density at radius 1 is 0.840 bits per heavy atom. The SMILES string of the molecule is Cc1nc(C)c(CN2CCN(Cc3ccc(C#N)cc3)CC2)nc1C. The van der Waals surface area contributed by atoms with E-state index >= 15 is 0 Å². The van der Waals surface area contributed by atoms with Gasteiger partial charge in [-0.15, -0.1) is 0 Å². The Morgan fingerprint density at radius 3 is 2.00 bits per heavy atom. The summed E-state index contributed by atoms with van der Waals surface area (Å²) in [5, 5.41) is 8.88. The maximum absolute atomic E-state index is 8.88. The molecule has 5 heteroatoms. The summed E-state index contributed by atoms with van der Waals surface area (Å²) < 4.78 is 0. The van der Waals surface area contributed by atoms with Crippen LogP contribution in [0.1, 0.15) is 33.9 Å². The van der Waals surface area contributed by atoms with Gasteiger partial charge in [-0.2, -0.15) is 5.26 Å². The summed E-state index contributed by atoms with van der Waals surface area (Å²) in [6.45, 7) is 12.1. The number of hydrogen-bond donors (Lipinski definition) is 0. The zero-order chi connectivity index (χ0) is 17.8. The van der Waals surface area contributed by atoms with Crippen molar-refractivity contribution in [3.8, 4) is 6.07 Å². The second-order valence-corrected chi connectivity index (χ2v) is 6.79. The van der Waals surface area contributed by atoms with Crippen molar-refractivity contribution < 1.29 is 0 Å². The van der Waals surface area contributed by atoms with Crippen LogP contribution in [0, 0.1) is 32.1 Å². The standard InChI is InChI=1S/C20H25N5/c1-15-16(2)23-20(17(3)22-15)14-25-10-8-24(9-11-25)13-19-6-4-18(12-21)5-7-19/h4-7H,8-11,13-14H2,1-3H3. The van der Waals surface area contributed by atoms with Crippen LogP contribution >= 0.6 is 0 Å². The third kappa shape index (κ3) is 4.41. The first kappa shape index (κ1) is 17.5. The van der Waals surface area contributed by atoms with Gasteiger partial charge in [0.15, 0.2) is 0 Å². The molecule has 0 bridgehead atoms. The highest BCUT2D eigenvalue weighted by molar-refractivity contribution is 5.31. The Kier molecular flexibility index (Phi) is 5.42. The van der Waals surface area contributed by atoms with Gasteiger partial charge in [0.05, 0.1) is 34.4 Å². The molecule has 0 spiro atoms. The molecule has 1 aliphatic rings. The largest absolute Gasteiger partial charge is 0.297 e. The lowest BCUT2D eigenvalue weighted by molar-refractivity contribution is 0.120. The van der Waals surface area contributed by atoms with Crippen molar-refractivity contribution in [2.45, 2.75) is 33.9 Å². The van der Waals surface area contributed by atoms with E-state index in [2.05, 4.69) is 39.9 Å². The predicted octanol–water partition coefficient (Wildman–Crippen LogP) is 2.59. The molecule has 0 radical (unpaired) electrons. The van der Waals surface area contributed by atoms with E-state index in [4.69, 9.17) is 10.2 Å². The number of aromatic nitrogens is 2. The number of nitriles is 1. The van der Waals surface area contributed by atoms with E-state index in [0.717, 1.165) is 67.6 Å². The maximum atomic E-state index is 8.88. The minimum atomic E-state index is 0.721. The van der Waals surface area contributed by atoms with Crippen LogP contribution < -0.4 is 0 Å². The van der Waals surface area contributed by atoms with Crippen LogP contribution in [0.3, 0.4) is 0 Å². The molecule has 1 fully saturated rings. The number of benzene rings is 1. The van der Waals surface area contributed by atoms with E-state index in [-0.39, 0.29) is 0 Å². The molecule has 1 saturated heterocycles. The van der Waals surface area contributed by atoms with E-state index < -0.39 is 0 Å². The summed E-state index contributed by atoms with van der Waals surface area (Å²) in [6.07, 6.45) is 0. The fourth-order valence-electron chi connectivity index (χ4n) is 3.17. The number of aryl methyl sites for hydroxylation is 3. The quantitative estimate of drug-likeness (QED) is 0.859. The van der Waals surface area contributed by atoms with E-state index in [1.165, 1.54) is 5.56 Å². The monoisotopic (exact) mass is 335 g/mol. The molecule has 0 saturated carbocycles. The smallest absolute Gasteiger partial charge is 0.0991 e. The molecule has 130 valence electrons. The number of nitrogens with zero attached hydrogens (tertiary/aromatic N) is 5. The van der Waals surface area contributed by atoms with Crippen LogP contribution in [-0.2, 0) is 13.1 Å². The fourth-order valence-corrected chi connectivity index (χ4v) is 3.17. The van der Waals surface area contributed by atoms with Gasteiger partial charge < -0.3 is 0 Å². The van der Waals surface area contributed by atoms with Crippen LogP contribution in [0.25, 0.3) is 0 Å². The first-order valence-corrected chi connectivity index (χ1v) is 8.79. The van der Waals surface area contributed by atoms with E-state index in [1.807, 2.05) is 26.0 Å². The summed E-state index contributed by atoms with van der Waals surface area (Å²) in [4.78, 5) is 14.3. The van der Waals surface area contributed by atoms with E-state index in [0.29, 0.717) is 0 Å². The summed E-state index contributed by atoms with van der Waals surface area (Å²) in [6, 6.07) is 10.1. The Labute approximate surface area is 149 Å². The predicted molar refractivity (Wildman–Crippen MR) is 98.0 cm³/mol. The fraction of sp³-hybridized carbons (Fsp3) is 0.450. The molecule has 1 aromatic carbocycles. The van der Waals surface area contributed by atoms with Crippen LogP contribution in [0.4, 0.5) is 0 Å². The van der Waals surface area contributed by atoms with Crippen LogP contribution in [-0.4, -0.2) is 45.9 Å². The van der Waals surface area contributed by atoms with Gasteiger partial charge in [-0.25, -0.2) is 0 Å². The molecule has 0 amide bonds. The van der Waals surface area contributed by atoms with Gasteiger partial charge in [0.2, 0.25) is 0 Å². The Hall–Kier alpha value is -2.29. The molecular formula is C20H25N5. The zero-order valence-electron chi connectivity index (χ0n) is 15.3. The second kappa shape index (κ2) is 7.73. The van der Waals surface area contributed by atoms with Crippen molar-refractivity contribution in [3.63, 3.8) is 0 Å². The highest BCUT2D eigenvalue weighted by Gasteiger charge is 2.18. The molecule has 25 heavy (non-hydrogen) atoms. The van der Waals surface area contributed by atoms with Crippen molar-refractivity contribution in [1.82, 2.24) is 19.8 Å². The van der Waals surface area contributed by atoms with Crippen molar-refractivity contribution in [2.24, 2.45) is 0 Å². The van der Waals surface area contributed by atoms with Gasteiger partial charge in [-0.3, -0.25) is 19.8 Å². The molecule has 1 aliphatic heterocycles. The third-order valence-corrected chi connectivity index (χ3v) is 4.91. The Bertz CT molecular complexity index is 768. The molecule has 0 N–H and O–H groups in total. The summed E-state index contributed by atoms with van der Waals surface area (Å²) in [5.41, 5.74) is 6.18. The topological polar surface area (TPSA) is 56.1 Å². The highest BCUT2D eigenvalue weighted by Crippen LogP contribution is 2.14. The van der Waals surface area contributed by atoms with Gasteiger partial charge in [0.1, 0.15) is 0 Å². The first-order chi connectivity index (χ1) is 12.0. The normalized spacial score (nSPS) is 15.9. The maximum Gasteiger partial charge on any atom is 0.0991 e. The number of piperazine rings is 1. The lowest BCUT2D eigenvalue weighted by atomic mass is 10.1. The minimum Gasteiger partial charge on any atom is -0.297 e. The molecule has 0 unspecified atom stereocenters. The zero-order valence-corrected chi connectivity index (χ0v) is 15.3. The Morgan fingerprint density at radius 2 is 1.40 bits per heavy atom. The molecular weight excluding hydrogens is 310 g/mol. The van der Waals surface area contributed by atoms with Gasteiger partial charge in [-0.1, -0.05) is 12.1 Å². The Balaban J connectivity index is 1.53. The summed E-state index contributed by atoms with van der Waals surface area (Å²) >= 11 is 0. The summed E-state index contributed by atoms with van der Waals surface area (Å²) in [7, 11) is 0. The second-order valence-electron chi connectivity index (χ2n) is 6.79. The van der Waals surface area contributed by atoms with Crippen molar-refractivity contribution in [2.75, 3.05) is 26.2 Å². The lowest BCUT2D eigenvalue weighted by Gasteiger charge is -2.34. The highest BCUT2D eigenvalue weighted by atomic mass is 15.3. The molecule has 1 aromatic heterocycles. The molecule has 2 aromatic rings. The molecule has 2 heterocycles. The minimum absolute atomic E-state index is 0.721. The molecule has 0 aliphatic carbocycles. The van der Waals surface area contributed by atoms with Gasteiger partial charge in [0.25, 0.3) is 0 Å². The van der Waals surface area contributed by atoms with E-state index in [9.17, 15) is 0 Å². The summed E-state index contributed by atoms with van der Waals surface area (Å²) in [5.74, 6) is 0. The van der Waals surface area contributed by atoms with Crippen LogP contribution in [0.2, 0.25) is 0 Å². The van der Waals surface area contributed by atoms with Gasteiger partial charge in [-0.05, 0) is 38.5 Å². The van der Waals surface area contributed by atoms with Crippen LogP contribution in [0.15, 0.2) is 24.3 Å².